The molecule has 0 unspecified atom stereocenters. The molecule has 3 heteroatoms. The van der Waals surface area contributed by atoms with Crippen molar-refractivity contribution in [1.82, 2.24) is 4.57 Å². The Labute approximate surface area is 101 Å². The van der Waals surface area contributed by atoms with Crippen molar-refractivity contribution >= 4 is 13.9 Å². The van der Waals surface area contributed by atoms with Gasteiger partial charge in [0.05, 0.1) is 6.54 Å². The van der Waals surface area contributed by atoms with Crippen LogP contribution >= 0.6 is 0 Å². The van der Waals surface area contributed by atoms with Crippen LogP contribution in [0.4, 0.5) is 0 Å². The Morgan fingerprint density at radius 1 is 1.12 bits per heavy atom. The Hall–Kier alpha value is -0.153. The van der Waals surface area contributed by atoms with Gasteiger partial charge in [-0.1, -0.05) is 19.5 Å². The SMILES string of the molecule is C[Si]1(C)CCCN1CCN=C1CCCCC1. The zero-order chi connectivity index (χ0) is 11.4. The number of nitrogens with zero attached hydrogens (tertiary/aromatic N) is 2. The molecule has 0 spiro atoms. The molecule has 2 fully saturated rings. The quantitative estimate of drug-likeness (QED) is 0.689. The Morgan fingerprint density at radius 3 is 2.50 bits per heavy atom. The largest absolute Gasteiger partial charge is 0.322 e. The molecule has 1 saturated carbocycles. The first-order chi connectivity index (χ1) is 7.68. The summed E-state index contributed by atoms with van der Waals surface area (Å²) in [5, 5.41) is 0. The summed E-state index contributed by atoms with van der Waals surface area (Å²) in [6.07, 6.45) is 8.16. The summed E-state index contributed by atoms with van der Waals surface area (Å²) in [5.41, 5.74) is 1.50. The summed E-state index contributed by atoms with van der Waals surface area (Å²) in [6.45, 7) is 8.64. The van der Waals surface area contributed by atoms with Gasteiger partial charge in [-0.3, -0.25) is 4.99 Å². The van der Waals surface area contributed by atoms with Gasteiger partial charge in [0.15, 0.2) is 0 Å². The summed E-state index contributed by atoms with van der Waals surface area (Å²) in [6, 6.07) is 1.49. The van der Waals surface area contributed by atoms with Crippen LogP contribution in [0.15, 0.2) is 4.99 Å². The smallest absolute Gasteiger partial charge is 0.122 e. The van der Waals surface area contributed by atoms with Crippen LogP contribution in [-0.2, 0) is 0 Å². The lowest BCUT2D eigenvalue weighted by atomic mass is 9.99. The second kappa shape index (κ2) is 5.45. The van der Waals surface area contributed by atoms with E-state index in [1.807, 2.05) is 0 Å². The first-order valence-electron chi connectivity index (χ1n) is 6.96. The Kier molecular flexibility index (Phi) is 4.20. The minimum absolute atomic E-state index is 0.992. The lowest BCUT2D eigenvalue weighted by Gasteiger charge is -2.29. The maximum absolute atomic E-state index is 4.81. The van der Waals surface area contributed by atoms with Crippen molar-refractivity contribution in [2.75, 3.05) is 19.6 Å². The normalized spacial score (nSPS) is 26.0. The topological polar surface area (TPSA) is 15.6 Å². The van der Waals surface area contributed by atoms with Gasteiger partial charge < -0.3 is 4.57 Å². The highest BCUT2D eigenvalue weighted by atomic mass is 28.3. The first kappa shape index (κ1) is 12.3. The molecule has 2 nitrogen and oxygen atoms in total. The summed E-state index contributed by atoms with van der Waals surface area (Å²) in [7, 11) is -0.992. The molecule has 2 aliphatic rings. The Bertz CT molecular complexity index is 253. The third-order valence-corrected chi connectivity index (χ3v) is 7.95. The van der Waals surface area contributed by atoms with E-state index in [1.54, 1.807) is 0 Å². The maximum atomic E-state index is 4.81. The standard InChI is InChI=1S/C13H26N2Si/c1-16(2)12-6-10-15(16)11-9-14-13-7-4-3-5-8-13/h3-12H2,1-2H3. The number of hydrogen-bond acceptors (Lipinski definition) is 2. The van der Waals surface area contributed by atoms with Gasteiger partial charge in [0.1, 0.15) is 8.24 Å². The summed E-state index contributed by atoms with van der Waals surface area (Å²) in [4.78, 5) is 4.81. The predicted octanol–water partition coefficient (Wildman–Crippen LogP) is 3.30. The van der Waals surface area contributed by atoms with Crippen LogP contribution in [0.5, 0.6) is 0 Å². The molecule has 0 atom stereocenters. The predicted molar refractivity (Wildman–Crippen MR) is 73.9 cm³/mol. The maximum Gasteiger partial charge on any atom is 0.122 e. The van der Waals surface area contributed by atoms with Crippen LogP contribution in [-0.4, -0.2) is 38.1 Å². The van der Waals surface area contributed by atoms with Gasteiger partial charge in [0, 0.05) is 12.3 Å². The molecule has 0 bridgehead atoms. The fraction of sp³-hybridized carbons (Fsp3) is 0.923. The van der Waals surface area contributed by atoms with E-state index in [0.717, 1.165) is 6.54 Å². The minimum atomic E-state index is -0.992. The van der Waals surface area contributed by atoms with Crippen molar-refractivity contribution in [3.05, 3.63) is 0 Å². The molecule has 0 aromatic rings. The van der Waals surface area contributed by atoms with Gasteiger partial charge in [-0.05, 0) is 44.7 Å². The van der Waals surface area contributed by atoms with Crippen LogP contribution < -0.4 is 0 Å². The van der Waals surface area contributed by atoms with E-state index in [9.17, 15) is 0 Å². The van der Waals surface area contributed by atoms with Gasteiger partial charge in [0.25, 0.3) is 0 Å². The number of rotatable bonds is 3. The van der Waals surface area contributed by atoms with E-state index >= 15 is 0 Å². The third-order valence-electron chi connectivity index (χ3n) is 4.21. The molecular weight excluding hydrogens is 212 g/mol. The van der Waals surface area contributed by atoms with Crippen molar-refractivity contribution in [1.29, 1.82) is 0 Å². The Balaban J connectivity index is 1.74. The molecule has 1 saturated heterocycles. The second-order valence-electron chi connectivity index (χ2n) is 5.91. The summed E-state index contributed by atoms with van der Waals surface area (Å²) in [5.74, 6) is 0. The lowest BCUT2D eigenvalue weighted by Crippen LogP contribution is -2.44. The van der Waals surface area contributed by atoms with Crippen LogP contribution in [0.3, 0.4) is 0 Å². The van der Waals surface area contributed by atoms with Crippen molar-refractivity contribution < 1.29 is 0 Å². The van der Waals surface area contributed by atoms with Gasteiger partial charge >= 0.3 is 0 Å². The van der Waals surface area contributed by atoms with E-state index in [2.05, 4.69) is 17.7 Å². The van der Waals surface area contributed by atoms with Crippen LogP contribution in [0.2, 0.25) is 19.1 Å². The van der Waals surface area contributed by atoms with E-state index < -0.39 is 8.24 Å². The molecular formula is C13H26N2Si. The molecule has 0 aromatic carbocycles. The molecule has 0 aromatic heterocycles. The first-order valence-corrected chi connectivity index (χ1v) is 10.1. The zero-order valence-electron chi connectivity index (χ0n) is 11.0. The summed E-state index contributed by atoms with van der Waals surface area (Å²) >= 11 is 0. The van der Waals surface area contributed by atoms with E-state index in [1.165, 1.54) is 63.4 Å². The van der Waals surface area contributed by atoms with E-state index in [-0.39, 0.29) is 0 Å². The molecule has 0 N–H and O–H groups in total. The monoisotopic (exact) mass is 238 g/mol. The highest BCUT2D eigenvalue weighted by Gasteiger charge is 2.33. The van der Waals surface area contributed by atoms with Gasteiger partial charge in [-0.2, -0.15) is 0 Å². The van der Waals surface area contributed by atoms with Crippen LogP contribution in [0, 0.1) is 0 Å². The van der Waals surface area contributed by atoms with Gasteiger partial charge in [-0.25, -0.2) is 0 Å². The molecule has 92 valence electrons. The number of aliphatic imine (C=N–C) groups is 1. The third kappa shape index (κ3) is 3.17. The van der Waals surface area contributed by atoms with Crippen LogP contribution in [0.1, 0.15) is 38.5 Å². The average molecular weight is 238 g/mol. The second-order valence-corrected chi connectivity index (χ2v) is 10.7. The van der Waals surface area contributed by atoms with E-state index in [4.69, 9.17) is 4.99 Å². The zero-order valence-corrected chi connectivity index (χ0v) is 12.0. The van der Waals surface area contributed by atoms with Gasteiger partial charge in [-0.15, -0.1) is 0 Å². The minimum Gasteiger partial charge on any atom is -0.322 e. The van der Waals surface area contributed by atoms with Crippen molar-refractivity contribution in [3.63, 3.8) is 0 Å². The van der Waals surface area contributed by atoms with Crippen molar-refractivity contribution in [3.8, 4) is 0 Å². The molecule has 2 rings (SSSR count). The molecule has 1 aliphatic carbocycles. The van der Waals surface area contributed by atoms with Crippen molar-refractivity contribution in [2.24, 2.45) is 4.99 Å². The highest BCUT2D eigenvalue weighted by molar-refractivity contribution is 6.75. The molecule has 16 heavy (non-hydrogen) atoms. The molecule has 1 aliphatic heterocycles. The van der Waals surface area contributed by atoms with E-state index in [0.29, 0.717) is 0 Å². The number of hydrogen-bond donors (Lipinski definition) is 0. The average Bonchev–Trinajstić information content (AvgIpc) is 2.60. The summed E-state index contributed by atoms with van der Waals surface area (Å²) < 4.78 is 2.75. The fourth-order valence-corrected chi connectivity index (χ4v) is 5.83. The molecule has 0 radical (unpaired) electrons. The lowest BCUT2D eigenvalue weighted by molar-refractivity contribution is 0.467. The Morgan fingerprint density at radius 2 is 1.88 bits per heavy atom. The molecule has 1 heterocycles. The highest BCUT2D eigenvalue weighted by Crippen LogP contribution is 2.25. The molecule has 0 amide bonds. The fourth-order valence-electron chi connectivity index (χ4n) is 3.02. The van der Waals surface area contributed by atoms with Crippen LogP contribution in [0.25, 0.3) is 0 Å². The van der Waals surface area contributed by atoms with Gasteiger partial charge in [0.2, 0.25) is 0 Å². The van der Waals surface area contributed by atoms with Crippen molar-refractivity contribution in [2.45, 2.75) is 57.7 Å².